The summed E-state index contributed by atoms with van der Waals surface area (Å²) >= 11 is 1.61. The molecule has 2 rings (SSSR count). The highest BCUT2D eigenvalue weighted by molar-refractivity contribution is 7.16. The topological polar surface area (TPSA) is 69.1 Å². The molecule has 2 heterocycles. The standard InChI is InChI=1S/C11H19N5S/c1-4-8-13-14-10-16(8)15-9(17-10)11(5-2,6-3)7-12/h4-7,12H2,1-3H3. The lowest BCUT2D eigenvalue weighted by atomic mass is 9.83. The molecule has 2 N–H and O–H groups in total. The van der Waals surface area contributed by atoms with Crippen LogP contribution in [0.3, 0.4) is 0 Å². The molecule has 0 fully saturated rings. The second kappa shape index (κ2) is 4.70. The molecule has 2 aromatic rings. The van der Waals surface area contributed by atoms with Gasteiger partial charge in [-0.3, -0.25) is 0 Å². The van der Waals surface area contributed by atoms with Gasteiger partial charge in [-0.05, 0) is 12.8 Å². The third kappa shape index (κ3) is 1.85. The van der Waals surface area contributed by atoms with Crippen LogP contribution in [0.1, 0.15) is 44.4 Å². The van der Waals surface area contributed by atoms with Crippen LogP contribution < -0.4 is 5.73 Å². The van der Waals surface area contributed by atoms with Gasteiger partial charge in [0.15, 0.2) is 5.82 Å². The molecule has 0 saturated carbocycles. The monoisotopic (exact) mass is 253 g/mol. The predicted molar refractivity (Wildman–Crippen MR) is 69.4 cm³/mol. The van der Waals surface area contributed by atoms with Gasteiger partial charge in [-0.25, -0.2) is 0 Å². The van der Waals surface area contributed by atoms with Crippen LogP contribution in [-0.4, -0.2) is 26.4 Å². The summed E-state index contributed by atoms with van der Waals surface area (Å²) in [5.41, 5.74) is 5.94. The summed E-state index contributed by atoms with van der Waals surface area (Å²) in [5, 5.41) is 14.0. The fourth-order valence-electron chi connectivity index (χ4n) is 2.02. The zero-order valence-electron chi connectivity index (χ0n) is 10.6. The summed E-state index contributed by atoms with van der Waals surface area (Å²) < 4.78 is 1.86. The molecule has 0 bridgehead atoms. The zero-order chi connectivity index (χ0) is 12.5. The molecule has 0 spiro atoms. The Morgan fingerprint density at radius 2 is 1.94 bits per heavy atom. The molecule has 0 aliphatic carbocycles. The van der Waals surface area contributed by atoms with Gasteiger partial charge >= 0.3 is 0 Å². The van der Waals surface area contributed by atoms with Gasteiger partial charge in [-0.15, -0.1) is 10.2 Å². The van der Waals surface area contributed by atoms with Crippen LogP contribution in [0.4, 0.5) is 0 Å². The van der Waals surface area contributed by atoms with E-state index in [1.54, 1.807) is 11.3 Å². The summed E-state index contributed by atoms with van der Waals surface area (Å²) in [4.78, 5) is 0.872. The molecular weight excluding hydrogens is 234 g/mol. The minimum atomic E-state index is -0.00359. The van der Waals surface area contributed by atoms with Gasteiger partial charge < -0.3 is 5.73 Å². The van der Waals surface area contributed by atoms with Crippen molar-refractivity contribution in [3.63, 3.8) is 0 Å². The average Bonchev–Trinajstić information content (AvgIpc) is 2.92. The summed E-state index contributed by atoms with van der Waals surface area (Å²) in [5.74, 6) is 0.917. The minimum Gasteiger partial charge on any atom is -0.329 e. The Labute approximate surface area is 105 Å². The van der Waals surface area contributed by atoms with Gasteiger partial charge in [-0.1, -0.05) is 32.1 Å². The van der Waals surface area contributed by atoms with E-state index in [2.05, 4.69) is 36.1 Å². The van der Waals surface area contributed by atoms with E-state index in [1.807, 2.05) is 4.52 Å². The Bertz CT molecular complexity index is 489. The number of nitrogens with zero attached hydrogens (tertiary/aromatic N) is 4. The second-order valence-corrected chi connectivity index (χ2v) is 5.22. The van der Waals surface area contributed by atoms with Crippen molar-refractivity contribution in [2.45, 2.75) is 45.4 Å². The first-order chi connectivity index (χ1) is 8.20. The number of nitrogens with two attached hydrogens (primary N) is 1. The quantitative estimate of drug-likeness (QED) is 0.881. The zero-order valence-corrected chi connectivity index (χ0v) is 11.4. The van der Waals surface area contributed by atoms with Crippen molar-refractivity contribution in [2.75, 3.05) is 6.54 Å². The highest BCUT2D eigenvalue weighted by Gasteiger charge is 2.31. The lowest BCUT2D eigenvalue weighted by Crippen LogP contribution is -2.33. The summed E-state index contributed by atoms with van der Waals surface area (Å²) in [7, 11) is 0. The number of hydrogen-bond donors (Lipinski definition) is 1. The van der Waals surface area contributed by atoms with Crippen molar-refractivity contribution < 1.29 is 0 Å². The maximum Gasteiger partial charge on any atom is 0.234 e. The first-order valence-corrected chi connectivity index (χ1v) is 6.94. The smallest absolute Gasteiger partial charge is 0.234 e. The lowest BCUT2D eigenvalue weighted by Gasteiger charge is -2.26. The van der Waals surface area contributed by atoms with E-state index in [0.29, 0.717) is 6.54 Å². The number of fused-ring (bicyclic) bond motifs is 1. The summed E-state index contributed by atoms with van der Waals surface area (Å²) in [6, 6.07) is 0. The summed E-state index contributed by atoms with van der Waals surface area (Å²) in [6.45, 7) is 7.02. The van der Waals surface area contributed by atoms with Gasteiger partial charge in [-0.2, -0.15) is 9.61 Å². The van der Waals surface area contributed by atoms with Crippen molar-refractivity contribution in [1.29, 1.82) is 0 Å². The maximum atomic E-state index is 5.94. The predicted octanol–water partition coefficient (Wildman–Crippen LogP) is 1.76. The van der Waals surface area contributed by atoms with Gasteiger partial charge in [0.25, 0.3) is 0 Å². The molecule has 6 heteroatoms. The molecule has 0 saturated heterocycles. The molecule has 0 unspecified atom stereocenters. The van der Waals surface area contributed by atoms with Crippen molar-refractivity contribution in [3.8, 4) is 0 Å². The van der Waals surface area contributed by atoms with Crippen molar-refractivity contribution in [2.24, 2.45) is 5.73 Å². The average molecular weight is 253 g/mol. The fraction of sp³-hybridized carbons (Fsp3) is 0.727. The first kappa shape index (κ1) is 12.4. The molecule has 0 amide bonds. The van der Waals surface area contributed by atoms with E-state index in [9.17, 15) is 0 Å². The van der Waals surface area contributed by atoms with E-state index in [1.165, 1.54) is 0 Å². The van der Waals surface area contributed by atoms with Crippen LogP contribution in [0.2, 0.25) is 0 Å². The highest BCUT2D eigenvalue weighted by Crippen LogP contribution is 2.33. The van der Waals surface area contributed by atoms with Crippen LogP contribution in [0.15, 0.2) is 0 Å². The fourth-order valence-corrected chi connectivity index (χ4v) is 3.22. The van der Waals surface area contributed by atoms with E-state index < -0.39 is 0 Å². The van der Waals surface area contributed by atoms with Gasteiger partial charge in [0.1, 0.15) is 5.01 Å². The van der Waals surface area contributed by atoms with Crippen LogP contribution in [0.25, 0.3) is 4.96 Å². The Kier molecular flexibility index (Phi) is 3.44. The molecule has 5 nitrogen and oxygen atoms in total. The molecule has 0 aliphatic heterocycles. The number of aryl methyl sites for hydroxylation is 1. The largest absolute Gasteiger partial charge is 0.329 e. The van der Waals surface area contributed by atoms with Crippen LogP contribution in [-0.2, 0) is 11.8 Å². The van der Waals surface area contributed by atoms with Gasteiger partial charge in [0.05, 0.1) is 0 Å². The molecule has 0 aromatic carbocycles. The van der Waals surface area contributed by atoms with Gasteiger partial charge in [0, 0.05) is 18.4 Å². The summed E-state index contributed by atoms with van der Waals surface area (Å²) in [6.07, 6.45) is 2.86. The van der Waals surface area contributed by atoms with E-state index in [4.69, 9.17) is 5.73 Å². The molecule has 2 aromatic heterocycles. The molecule has 94 valence electrons. The number of aromatic nitrogens is 4. The Balaban J connectivity index is 2.51. The van der Waals surface area contributed by atoms with Crippen LogP contribution >= 0.6 is 11.3 Å². The third-order valence-electron chi connectivity index (χ3n) is 3.57. The molecule has 17 heavy (non-hydrogen) atoms. The number of hydrogen-bond acceptors (Lipinski definition) is 5. The molecule has 0 aliphatic rings. The minimum absolute atomic E-state index is 0.00359. The highest BCUT2D eigenvalue weighted by atomic mass is 32.1. The Hall–Kier alpha value is -1.01. The van der Waals surface area contributed by atoms with Crippen LogP contribution in [0, 0.1) is 0 Å². The Morgan fingerprint density at radius 3 is 2.47 bits per heavy atom. The molecule has 0 radical (unpaired) electrons. The molecule has 0 atom stereocenters. The lowest BCUT2D eigenvalue weighted by molar-refractivity contribution is 0.400. The third-order valence-corrected chi connectivity index (χ3v) is 4.71. The SMILES string of the molecule is CCc1nnc2sc(C(CC)(CC)CN)nn12. The van der Waals surface area contributed by atoms with E-state index >= 15 is 0 Å². The Morgan fingerprint density at radius 1 is 1.24 bits per heavy atom. The van der Waals surface area contributed by atoms with Crippen LogP contribution in [0.5, 0.6) is 0 Å². The van der Waals surface area contributed by atoms with E-state index in [0.717, 1.165) is 35.1 Å². The second-order valence-electron chi connectivity index (χ2n) is 4.26. The van der Waals surface area contributed by atoms with Crippen molar-refractivity contribution in [1.82, 2.24) is 19.8 Å². The maximum absolute atomic E-state index is 5.94. The molecular formula is C11H19N5S. The van der Waals surface area contributed by atoms with Gasteiger partial charge in [0.2, 0.25) is 4.96 Å². The normalized spacial score (nSPS) is 12.5. The van der Waals surface area contributed by atoms with Crippen molar-refractivity contribution >= 4 is 16.3 Å². The number of rotatable bonds is 5. The first-order valence-electron chi connectivity index (χ1n) is 6.12. The van der Waals surface area contributed by atoms with E-state index in [-0.39, 0.29) is 5.41 Å². The van der Waals surface area contributed by atoms with Crippen molar-refractivity contribution in [3.05, 3.63) is 10.8 Å².